The highest BCUT2D eigenvalue weighted by atomic mass is 79.9. The van der Waals surface area contributed by atoms with E-state index in [0.717, 1.165) is 6.54 Å². The van der Waals surface area contributed by atoms with Gasteiger partial charge in [-0.25, -0.2) is 0 Å². The topological polar surface area (TPSA) is 15.3 Å². The van der Waals surface area contributed by atoms with Crippen molar-refractivity contribution in [3.63, 3.8) is 0 Å². The molecule has 1 aliphatic heterocycles. The minimum Gasteiger partial charge on any atom is -0.309 e. The quantitative estimate of drug-likeness (QED) is 0.876. The Hall–Kier alpha value is 0.1000. The molecule has 1 N–H and O–H groups in total. The van der Waals surface area contributed by atoms with Crippen molar-refractivity contribution >= 4 is 27.3 Å². The molecule has 1 aliphatic rings. The molecule has 102 valence electrons. The molecule has 4 heteroatoms. The molecule has 2 heterocycles. The molecule has 1 unspecified atom stereocenters. The number of nitrogens with one attached hydrogen (secondary N) is 1. The molecular weight excluding hydrogens is 308 g/mol. The van der Waals surface area contributed by atoms with E-state index >= 15 is 0 Å². The second-order valence-corrected chi connectivity index (χ2v) is 7.11. The SMILES string of the molecule is CCNC(c1cscc1Br)C(C)(C)N1CCCC1. The molecule has 1 aromatic rings. The van der Waals surface area contributed by atoms with Crippen molar-refractivity contribution in [3.8, 4) is 0 Å². The van der Waals surface area contributed by atoms with Gasteiger partial charge in [0.2, 0.25) is 0 Å². The normalized spacial score (nSPS) is 19.3. The van der Waals surface area contributed by atoms with Gasteiger partial charge < -0.3 is 5.32 Å². The van der Waals surface area contributed by atoms with Gasteiger partial charge in [0.25, 0.3) is 0 Å². The van der Waals surface area contributed by atoms with E-state index in [0.29, 0.717) is 6.04 Å². The Morgan fingerprint density at radius 3 is 2.56 bits per heavy atom. The summed E-state index contributed by atoms with van der Waals surface area (Å²) in [7, 11) is 0. The lowest BCUT2D eigenvalue weighted by Gasteiger charge is -2.42. The van der Waals surface area contributed by atoms with Crippen molar-refractivity contribution in [1.82, 2.24) is 10.2 Å². The molecule has 1 fully saturated rings. The first kappa shape index (κ1) is 14.5. The summed E-state index contributed by atoms with van der Waals surface area (Å²) < 4.78 is 1.24. The molecule has 0 amide bonds. The van der Waals surface area contributed by atoms with Crippen molar-refractivity contribution in [2.75, 3.05) is 19.6 Å². The maximum Gasteiger partial charge on any atom is 0.0521 e. The van der Waals surface area contributed by atoms with Crippen LogP contribution in [0.2, 0.25) is 0 Å². The molecule has 1 atom stereocenters. The lowest BCUT2D eigenvalue weighted by Crippen LogP contribution is -2.51. The Kier molecular flexibility index (Phi) is 4.86. The van der Waals surface area contributed by atoms with Crippen LogP contribution in [0.4, 0.5) is 0 Å². The van der Waals surface area contributed by atoms with Gasteiger partial charge in [-0.05, 0) is 73.2 Å². The first-order valence-electron chi connectivity index (χ1n) is 6.77. The van der Waals surface area contributed by atoms with E-state index in [-0.39, 0.29) is 5.54 Å². The van der Waals surface area contributed by atoms with E-state index in [9.17, 15) is 0 Å². The number of nitrogens with zero attached hydrogens (tertiary/aromatic N) is 1. The fourth-order valence-corrected chi connectivity index (χ4v) is 4.47. The molecule has 0 bridgehead atoms. The fraction of sp³-hybridized carbons (Fsp3) is 0.714. The second-order valence-electron chi connectivity index (χ2n) is 5.51. The third-order valence-electron chi connectivity index (χ3n) is 3.99. The van der Waals surface area contributed by atoms with E-state index in [1.807, 2.05) is 0 Å². The van der Waals surface area contributed by atoms with Crippen LogP contribution >= 0.6 is 27.3 Å². The van der Waals surface area contributed by atoms with Crippen LogP contribution in [0, 0.1) is 0 Å². The minimum absolute atomic E-state index is 0.163. The van der Waals surface area contributed by atoms with E-state index in [1.165, 1.54) is 36.0 Å². The van der Waals surface area contributed by atoms with Crippen LogP contribution in [0.5, 0.6) is 0 Å². The van der Waals surface area contributed by atoms with Crippen LogP contribution < -0.4 is 5.32 Å². The molecule has 0 aliphatic carbocycles. The number of hydrogen-bond donors (Lipinski definition) is 1. The highest BCUT2D eigenvalue weighted by molar-refractivity contribution is 9.10. The molecule has 1 saturated heterocycles. The highest BCUT2D eigenvalue weighted by Crippen LogP contribution is 2.38. The monoisotopic (exact) mass is 330 g/mol. The number of hydrogen-bond acceptors (Lipinski definition) is 3. The van der Waals surface area contributed by atoms with E-state index in [4.69, 9.17) is 0 Å². The van der Waals surface area contributed by atoms with Gasteiger partial charge in [0.15, 0.2) is 0 Å². The van der Waals surface area contributed by atoms with Crippen LogP contribution in [0.25, 0.3) is 0 Å². The second kappa shape index (κ2) is 6.04. The van der Waals surface area contributed by atoms with Crippen LogP contribution in [0.1, 0.15) is 45.2 Å². The first-order valence-corrected chi connectivity index (χ1v) is 8.51. The third-order valence-corrected chi connectivity index (χ3v) is 5.74. The Labute approximate surface area is 123 Å². The minimum atomic E-state index is 0.163. The van der Waals surface area contributed by atoms with Crippen molar-refractivity contribution < 1.29 is 0 Å². The summed E-state index contributed by atoms with van der Waals surface area (Å²) in [5, 5.41) is 8.13. The van der Waals surface area contributed by atoms with Gasteiger partial charge >= 0.3 is 0 Å². The van der Waals surface area contributed by atoms with E-state index < -0.39 is 0 Å². The molecule has 2 rings (SSSR count). The Bertz CT molecular complexity index is 383. The van der Waals surface area contributed by atoms with Crippen LogP contribution in [-0.4, -0.2) is 30.1 Å². The van der Waals surface area contributed by atoms with Crippen molar-refractivity contribution in [2.24, 2.45) is 0 Å². The zero-order valence-corrected chi connectivity index (χ0v) is 13.9. The summed E-state index contributed by atoms with van der Waals surface area (Å²) in [6, 6.07) is 0.390. The third kappa shape index (κ3) is 2.82. The summed E-state index contributed by atoms with van der Waals surface area (Å²) >= 11 is 5.46. The largest absolute Gasteiger partial charge is 0.309 e. The van der Waals surface area contributed by atoms with Gasteiger partial charge in [0.1, 0.15) is 0 Å². The zero-order chi connectivity index (χ0) is 13.2. The van der Waals surface area contributed by atoms with Crippen LogP contribution in [0.3, 0.4) is 0 Å². The molecule has 0 aromatic carbocycles. The number of likely N-dealkylation sites (N-methyl/N-ethyl adjacent to an activating group) is 1. The Morgan fingerprint density at radius 2 is 2.06 bits per heavy atom. The summed E-state index contributed by atoms with van der Waals surface area (Å²) in [6.45, 7) is 10.4. The van der Waals surface area contributed by atoms with Crippen molar-refractivity contribution in [1.29, 1.82) is 0 Å². The molecule has 0 radical (unpaired) electrons. The number of halogens is 1. The summed E-state index contributed by atoms with van der Waals surface area (Å²) in [6.07, 6.45) is 2.68. The maximum atomic E-state index is 3.69. The van der Waals surface area contributed by atoms with Gasteiger partial charge in [-0.3, -0.25) is 4.90 Å². The van der Waals surface area contributed by atoms with Gasteiger partial charge in [-0.15, -0.1) is 0 Å². The molecule has 0 saturated carbocycles. The predicted octanol–water partition coefficient (Wildman–Crippen LogP) is 4.04. The van der Waals surface area contributed by atoms with Gasteiger partial charge in [-0.1, -0.05) is 6.92 Å². The number of thiophene rings is 1. The van der Waals surface area contributed by atoms with Crippen molar-refractivity contribution in [2.45, 2.75) is 45.2 Å². The molecule has 18 heavy (non-hydrogen) atoms. The van der Waals surface area contributed by atoms with Crippen LogP contribution in [0.15, 0.2) is 15.2 Å². The number of likely N-dealkylation sites (tertiary alicyclic amines) is 1. The van der Waals surface area contributed by atoms with Gasteiger partial charge in [0.05, 0.1) is 6.04 Å². The predicted molar refractivity (Wildman–Crippen MR) is 83.3 cm³/mol. The summed E-state index contributed by atoms with van der Waals surface area (Å²) in [5.74, 6) is 0. The zero-order valence-electron chi connectivity index (χ0n) is 11.5. The standard InChI is InChI=1S/C14H23BrN2S/c1-4-16-13(11-9-18-10-12(11)15)14(2,3)17-7-5-6-8-17/h9-10,13,16H,4-8H2,1-3H3. The van der Waals surface area contributed by atoms with Gasteiger partial charge in [0, 0.05) is 15.4 Å². The lowest BCUT2D eigenvalue weighted by atomic mass is 9.88. The maximum absolute atomic E-state index is 3.69. The molecule has 0 spiro atoms. The van der Waals surface area contributed by atoms with E-state index in [1.54, 1.807) is 11.3 Å². The fourth-order valence-electron chi connectivity index (χ4n) is 2.92. The average molecular weight is 331 g/mol. The van der Waals surface area contributed by atoms with Crippen molar-refractivity contribution in [3.05, 3.63) is 20.8 Å². The van der Waals surface area contributed by atoms with Crippen LogP contribution in [-0.2, 0) is 0 Å². The molecular formula is C14H23BrN2S. The summed E-state index contributed by atoms with van der Waals surface area (Å²) in [5.41, 5.74) is 1.56. The lowest BCUT2D eigenvalue weighted by molar-refractivity contribution is 0.107. The molecule has 2 nitrogen and oxygen atoms in total. The number of rotatable bonds is 5. The van der Waals surface area contributed by atoms with E-state index in [2.05, 4.69) is 57.7 Å². The first-order chi connectivity index (χ1) is 8.57. The Balaban J connectivity index is 2.26. The highest BCUT2D eigenvalue weighted by Gasteiger charge is 2.38. The van der Waals surface area contributed by atoms with Gasteiger partial charge in [-0.2, -0.15) is 11.3 Å². The smallest absolute Gasteiger partial charge is 0.0521 e. The molecule has 1 aromatic heterocycles. The average Bonchev–Trinajstić information content (AvgIpc) is 2.96. The Morgan fingerprint density at radius 1 is 1.39 bits per heavy atom. The summed E-state index contributed by atoms with van der Waals surface area (Å²) in [4.78, 5) is 2.63.